The molecule has 0 saturated carbocycles. The van der Waals surface area contributed by atoms with Crippen molar-refractivity contribution in [3.63, 3.8) is 0 Å². The average Bonchev–Trinajstić information content (AvgIpc) is 3.47. The van der Waals surface area contributed by atoms with Crippen LogP contribution in [0.3, 0.4) is 0 Å². The van der Waals surface area contributed by atoms with Crippen LogP contribution in [0.5, 0.6) is 0 Å². The van der Waals surface area contributed by atoms with E-state index in [1.54, 1.807) is 36.4 Å². The van der Waals surface area contributed by atoms with Gasteiger partial charge >= 0.3 is 0 Å². The summed E-state index contributed by atoms with van der Waals surface area (Å²) in [5, 5.41) is 10.7. The smallest absolute Gasteiger partial charge is 0.266 e. The first-order valence-electron chi connectivity index (χ1n) is 9.42. The molecule has 9 heteroatoms. The lowest BCUT2D eigenvalue weighted by Gasteiger charge is -2.15. The van der Waals surface area contributed by atoms with Crippen LogP contribution in [0.15, 0.2) is 80.4 Å². The fourth-order valence-electron chi connectivity index (χ4n) is 3.14. The molecule has 5 rings (SSSR count). The quantitative estimate of drug-likeness (QED) is 0.260. The van der Waals surface area contributed by atoms with Gasteiger partial charge in [-0.3, -0.25) is 9.36 Å². The molecule has 6 nitrogen and oxygen atoms in total. The zero-order valence-corrected chi connectivity index (χ0v) is 17.9. The van der Waals surface area contributed by atoms with E-state index in [9.17, 15) is 9.18 Å². The summed E-state index contributed by atoms with van der Waals surface area (Å²) in [5.41, 5.74) is 0.347. The van der Waals surface area contributed by atoms with Crippen molar-refractivity contribution in [2.24, 2.45) is 0 Å². The lowest BCUT2D eigenvalue weighted by molar-refractivity contribution is 0.509. The summed E-state index contributed by atoms with van der Waals surface area (Å²) in [6.45, 7) is 1.88. The first-order valence-corrected chi connectivity index (χ1v) is 11.2. The van der Waals surface area contributed by atoms with Crippen molar-refractivity contribution in [2.45, 2.75) is 17.3 Å². The van der Waals surface area contributed by atoms with Crippen molar-refractivity contribution < 1.29 is 8.81 Å². The SMILES string of the molecule is CC(Sc1nc2ccccc2c(=O)n1-c1ccccc1F)c1nnc(-c2cccs2)o1. The van der Waals surface area contributed by atoms with Crippen LogP contribution in [0.25, 0.3) is 27.4 Å². The maximum atomic E-state index is 14.6. The van der Waals surface area contributed by atoms with Crippen LogP contribution < -0.4 is 5.56 Å². The Morgan fingerprint density at radius 1 is 1.06 bits per heavy atom. The van der Waals surface area contributed by atoms with Gasteiger partial charge in [0, 0.05) is 0 Å². The molecule has 0 bridgehead atoms. The number of fused-ring (bicyclic) bond motifs is 1. The molecule has 0 aliphatic rings. The third-order valence-electron chi connectivity index (χ3n) is 4.64. The van der Waals surface area contributed by atoms with Gasteiger partial charge < -0.3 is 4.42 Å². The Balaban J connectivity index is 1.60. The van der Waals surface area contributed by atoms with Crippen LogP contribution in [0.4, 0.5) is 4.39 Å². The summed E-state index contributed by atoms with van der Waals surface area (Å²) >= 11 is 2.77. The molecule has 5 aromatic rings. The number of benzene rings is 2. The first kappa shape index (κ1) is 19.7. The van der Waals surface area contributed by atoms with Gasteiger partial charge in [-0.2, -0.15) is 0 Å². The highest BCUT2D eigenvalue weighted by Gasteiger charge is 2.22. The Labute approximate surface area is 184 Å². The van der Waals surface area contributed by atoms with Gasteiger partial charge in [-0.1, -0.05) is 42.1 Å². The van der Waals surface area contributed by atoms with E-state index in [1.807, 2.05) is 30.5 Å². The third kappa shape index (κ3) is 3.66. The summed E-state index contributed by atoms with van der Waals surface area (Å²) < 4.78 is 21.7. The molecule has 0 radical (unpaired) electrons. The van der Waals surface area contributed by atoms with E-state index in [1.165, 1.54) is 33.7 Å². The van der Waals surface area contributed by atoms with Crippen molar-refractivity contribution >= 4 is 34.0 Å². The fraction of sp³-hybridized carbons (Fsp3) is 0.0909. The minimum Gasteiger partial charge on any atom is -0.419 e. The number of hydrogen-bond donors (Lipinski definition) is 0. The Morgan fingerprint density at radius 2 is 1.87 bits per heavy atom. The third-order valence-corrected chi connectivity index (χ3v) is 6.54. The Hall–Kier alpha value is -3.30. The van der Waals surface area contributed by atoms with E-state index in [4.69, 9.17) is 4.42 Å². The Kier molecular flexibility index (Phi) is 5.13. The molecule has 3 aromatic heterocycles. The molecule has 3 heterocycles. The molecule has 0 spiro atoms. The number of hydrogen-bond acceptors (Lipinski definition) is 7. The van der Waals surface area contributed by atoms with Crippen LogP contribution in [0.2, 0.25) is 0 Å². The average molecular weight is 451 g/mol. The van der Waals surface area contributed by atoms with E-state index in [0.717, 1.165) is 4.88 Å². The number of thioether (sulfide) groups is 1. The monoisotopic (exact) mass is 450 g/mol. The minimum atomic E-state index is -0.506. The largest absolute Gasteiger partial charge is 0.419 e. The number of aromatic nitrogens is 4. The second-order valence-electron chi connectivity index (χ2n) is 6.69. The molecule has 0 aliphatic carbocycles. The maximum Gasteiger partial charge on any atom is 0.266 e. The van der Waals surface area contributed by atoms with Gasteiger partial charge in [-0.25, -0.2) is 9.37 Å². The lowest BCUT2D eigenvalue weighted by Crippen LogP contribution is -2.22. The summed E-state index contributed by atoms with van der Waals surface area (Å²) in [6, 6.07) is 17.0. The molecule has 0 N–H and O–H groups in total. The molecule has 31 heavy (non-hydrogen) atoms. The molecule has 2 aromatic carbocycles. The van der Waals surface area contributed by atoms with E-state index in [0.29, 0.717) is 27.8 Å². The molecule has 1 unspecified atom stereocenters. The second kappa shape index (κ2) is 8.09. The molecule has 154 valence electrons. The summed E-state index contributed by atoms with van der Waals surface area (Å²) in [4.78, 5) is 18.8. The second-order valence-corrected chi connectivity index (χ2v) is 8.94. The van der Waals surface area contributed by atoms with Gasteiger partial charge in [0.05, 0.1) is 26.7 Å². The first-order chi connectivity index (χ1) is 15.1. The maximum absolute atomic E-state index is 14.6. The van der Waals surface area contributed by atoms with Gasteiger partial charge in [0.15, 0.2) is 5.16 Å². The van der Waals surface area contributed by atoms with Crippen molar-refractivity contribution in [1.29, 1.82) is 0 Å². The standard InChI is InChI=1S/C22H15FN4O2S2/c1-13(19-25-26-20(29-19)18-11-6-12-30-18)31-22-24-16-9-4-2-7-14(16)21(28)27(22)17-10-5-3-8-15(17)23/h2-13H,1H3. The highest BCUT2D eigenvalue weighted by molar-refractivity contribution is 7.99. The predicted octanol–water partition coefficient (Wildman–Crippen LogP) is 5.49. The van der Waals surface area contributed by atoms with Crippen molar-refractivity contribution in [1.82, 2.24) is 19.7 Å². The summed E-state index contributed by atoms with van der Waals surface area (Å²) in [5.74, 6) is 0.334. The van der Waals surface area contributed by atoms with Crippen LogP contribution in [0, 0.1) is 5.82 Å². The molecular weight excluding hydrogens is 435 g/mol. The van der Waals surface area contributed by atoms with Crippen LogP contribution in [-0.4, -0.2) is 19.7 Å². The van der Waals surface area contributed by atoms with Crippen LogP contribution >= 0.6 is 23.1 Å². The van der Waals surface area contributed by atoms with Crippen molar-refractivity contribution in [3.05, 3.63) is 88.1 Å². The number of rotatable bonds is 5. The molecule has 0 saturated heterocycles. The van der Waals surface area contributed by atoms with Gasteiger partial charge in [0.25, 0.3) is 11.4 Å². The van der Waals surface area contributed by atoms with Crippen LogP contribution in [-0.2, 0) is 0 Å². The number of thiophene rings is 1. The molecule has 0 fully saturated rings. The Bertz CT molecular complexity index is 1430. The topological polar surface area (TPSA) is 73.8 Å². The summed E-state index contributed by atoms with van der Waals surface area (Å²) in [7, 11) is 0. The van der Waals surface area contributed by atoms with Gasteiger partial charge in [-0.15, -0.1) is 21.5 Å². The molecule has 1 atom stereocenters. The fourth-order valence-corrected chi connectivity index (χ4v) is 4.74. The number of nitrogens with zero attached hydrogens (tertiary/aromatic N) is 4. The van der Waals surface area contributed by atoms with E-state index in [-0.39, 0.29) is 16.5 Å². The van der Waals surface area contributed by atoms with E-state index >= 15 is 0 Å². The number of para-hydroxylation sites is 2. The lowest BCUT2D eigenvalue weighted by atomic mass is 10.2. The van der Waals surface area contributed by atoms with Crippen LogP contribution in [0.1, 0.15) is 18.1 Å². The molecule has 0 amide bonds. The van der Waals surface area contributed by atoms with Gasteiger partial charge in [-0.05, 0) is 42.6 Å². The van der Waals surface area contributed by atoms with E-state index < -0.39 is 5.82 Å². The zero-order valence-electron chi connectivity index (χ0n) is 16.2. The zero-order chi connectivity index (χ0) is 21.4. The predicted molar refractivity (Wildman–Crippen MR) is 119 cm³/mol. The Morgan fingerprint density at radius 3 is 2.68 bits per heavy atom. The van der Waals surface area contributed by atoms with Crippen molar-refractivity contribution in [3.8, 4) is 16.5 Å². The highest BCUT2D eigenvalue weighted by atomic mass is 32.2. The van der Waals surface area contributed by atoms with Crippen molar-refractivity contribution in [2.75, 3.05) is 0 Å². The van der Waals surface area contributed by atoms with E-state index in [2.05, 4.69) is 15.2 Å². The minimum absolute atomic E-state index is 0.144. The summed E-state index contributed by atoms with van der Waals surface area (Å²) in [6.07, 6.45) is 0. The van der Waals surface area contributed by atoms with Gasteiger partial charge in [0.1, 0.15) is 5.82 Å². The normalized spacial score (nSPS) is 12.3. The highest BCUT2D eigenvalue weighted by Crippen LogP contribution is 2.36. The molecular formula is C22H15FN4O2S2. The molecule has 0 aliphatic heterocycles. The van der Waals surface area contributed by atoms with Gasteiger partial charge in [0.2, 0.25) is 5.89 Å². The number of halogens is 1.